The molecule has 1 rings (SSSR count). The predicted molar refractivity (Wildman–Crippen MR) is 66.6 cm³/mol. The van der Waals surface area contributed by atoms with E-state index in [-0.39, 0.29) is 17.1 Å². The van der Waals surface area contributed by atoms with Crippen LogP contribution in [0.1, 0.15) is 23.7 Å². The van der Waals surface area contributed by atoms with Crippen molar-refractivity contribution < 1.29 is 28.6 Å². The second-order valence-electron chi connectivity index (χ2n) is 4.50. The van der Waals surface area contributed by atoms with Crippen LogP contribution in [-0.4, -0.2) is 34.2 Å². The van der Waals surface area contributed by atoms with Gasteiger partial charge in [-0.2, -0.15) is 0 Å². The first-order chi connectivity index (χ1) is 9.12. The van der Waals surface area contributed by atoms with E-state index in [9.17, 15) is 23.5 Å². The molecule has 1 amide bonds. The standard InChI is InChI=1S/C12H12ClF2NO4/c1-12(20,4-10(17)18)5-16-11(19)6-2-8(14)9(15)3-7(6)13/h2-3,20H,4-5H2,1H3,(H,16,19)(H,17,18). The minimum absolute atomic E-state index is 0.292. The van der Waals surface area contributed by atoms with E-state index in [4.69, 9.17) is 16.7 Å². The molecule has 0 aliphatic rings. The summed E-state index contributed by atoms with van der Waals surface area (Å²) >= 11 is 5.61. The predicted octanol–water partition coefficient (Wildman–Crippen LogP) is 1.57. The summed E-state index contributed by atoms with van der Waals surface area (Å²) in [5.74, 6) is -4.52. The molecule has 0 heterocycles. The topological polar surface area (TPSA) is 86.6 Å². The van der Waals surface area contributed by atoms with Crippen molar-refractivity contribution in [2.24, 2.45) is 0 Å². The number of nitrogens with one attached hydrogen (secondary N) is 1. The van der Waals surface area contributed by atoms with Gasteiger partial charge < -0.3 is 15.5 Å². The number of carboxylic acids is 1. The molecule has 5 nitrogen and oxygen atoms in total. The van der Waals surface area contributed by atoms with Gasteiger partial charge in [0, 0.05) is 6.54 Å². The summed E-state index contributed by atoms with van der Waals surface area (Å²) in [6.45, 7) is 0.835. The van der Waals surface area contributed by atoms with Gasteiger partial charge >= 0.3 is 5.97 Å². The minimum Gasteiger partial charge on any atom is -0.481 e. The second-order valence-corrected chi connectivity index (χ2v) is 4.90. The van der Waals surface area contributed by atoms with Gasteiger partial charge in [0.25, 0.3) is 5.91 Å². The summed E-state index contributed by atoms with van der Waals surface area (Å²) < 4.78 is 25.9. The second kappa shape index (κ2) is 6.15. The highest BCUT2D eigenvalue weighted by molar-refractivity contribution is 6.33. The Balaban J connectivity index is 2.78. The molecular weight excluding hydrogens is 296 g/mol. The van der Waals surface area contributed by atoms with Crippen LogP contribution in [0.2, 0.25) is 5.02 Å². The largest absolute Gasteiger partial charge is 0.481 e. The average molecular weight is 308 g/mol. The number of carboxylic acid groups (broad SMARTS) is 1. The van der Waals surface area contributed by atoms with Crippen LogP contribution in [0.4, 0.5) is 8.78 Å². The Morgan fingerprint density at radius 3 is 2.45 bits per heavy atom. The molecule has 0 aliphatic carbocycles. The van der Waals surface area contributed by atoms with Crippen molar-refractivity contribution >= 4 is 23.5 Å². The molecule has 0 fully saturated rings. The number of carbonyl (C=O) groups excluding carboxylic acids is 1. The van der Waals surface area contributed by atoms with Crippen molar-refractivity contribution in [3.63, 3.8) is 0 Å². The first kappa shape index (κ1) is 16.3. The fourth-order valence-corrected chi connectivity index (χ4v) is 1.69. The summed E-state index contributed by atoms with van der Waals surface area (Å²) in [5, 5.41) is 20.2. The van der Waals surface area contributed by atoms with E-state index in [1.807, 2.05) is 0 Å². The number of hydrogen-bond donors (Lipinski definition) is 3. The van der Waals surface area contributed by atoms with Gasteiger partial charge in [0.2, 0.25) is 0 Å². The van der Waals surface area contributed by atoms with Crippen LogP contribution in [0, 0.1) is 11.6 Å². The van der Waals surface area contributed by atoms with Crippen molar-refractivity contribution in [2.75, 3.05) is 6.54 Å². The molecule has 0 saturated carbocycles. The molecule has 0 bridgehead atoms. The highest BCUT2D eigenvalue weighted by atomic mass is 35.5. The van der Waals surface area contributed by atoms with Gasteiger partial charge in [-0.25, -0.2) is 8.78 Å². The molecule has 0 spiro atoms. The number of rotatable bonds is 5. The molecule has 0 aliphatic heterocycles. The first-order valence-electron chi connectivity index (χ1n) is 5.49. The molecule has 20 heavy (non-hydrogen) atoms. The molecule has 0 radical (unpaired) electrons. The first-order valence-corrected chi connectivity index (χ1v) is 5.87. The fourth-order valence-electron chi connectivity index (χ4n) is 1.45. The van der Waals surface area contributed by atoms with Crippen molar-refractivity contribution in [2.45, 2.75) is 18.9 Å². The lowest BCUT2D eigenvalue weighted by Gasteiger charge is -2.21. The van der Waals surface area contributed by atoms with Gasteiger partial charge in [0.05, 0.1) is 22.6 Å². The van der Waals surface area contributed by atoms with Crippen molar-refractivity contribution in [3.05, 3.63) is 34.4 Å². The molecule has 1 atom stereocenters. The lowest BCUT2D eigenvalue weighted by Crippen LogP contribution is -2.42. The van der Waals surface area contributed by atoms with Gasteiger partial charge in [-0.05, 0) is 19.1 Å². The Morgan fingerprint density at radius 2 is 1.90 bits per heavy atom. The van der Waals surface area contributed by atoms with E-state index in [0.717, 1.165) is 0 Å². The fraction of sp³-hybridized carbons (Fsp3) is 0.333. The van der Waals surface area contributed by atoms with E-state index in [1.165, 1.54) is 6.92 Å². The smallest absolute Gasteiger partial charge is 0.306 e. The number of carbonyl (C=O) groups is 2. The van der Waals surface area contributed by atoms with Crippen LogP contribution in [0.3, 0.4) is 0 Å². The Bertz CT molecular complexity index is 549. The normalized spacial score (nSPS) is 13.7. The number of hydrogen-bond acceptors (Lipinski definition) is 3. The van der Waals surface area contributed by atoms with E-state index in [0.29, 0.717) is 12.1 Å². The molecule has 1 aromatic rings. The lowest BCUT2D eigenvalue weighted by molar-refractivity contribution is -0.141. The highest BCUT2D eigenvalue weighted by Crippen LogP contribution is 2.20. The molecule has 3 N–H and O–H groups in total. The number of aliphatic hydroxyl groups is 1. The van der Waals surface area contributed by atoms with Crippen LogP contribution in [-0.2, 0) is 4.79 Å². The zero-order valence-electron chi connectivity index (χ0n) is 10.4. The summed E-state index contributed by atoms with van der Waals surface area (Å²) in [6, 6.07) is 1.28. The maximum Gasteiger partial charge on any atom is 0.306 e. The van der Waals surface area contributed by atoms with Gasteiger partial charge in [-0.3, -0.25) is 9.59 Å². The number of aliphatic carboxylic acids is 1. The van der Waals surface area contributed by atoms with Crippen LogP contribution >= 0.6 is 11.6 Å². The Labute approximate surface area is 118 Å². The summed E-state index contributed by atoms with van der Waals surface area (Å²) in [7, 11) is 0. The quantitative estimate of drug-likeness (QED) is 0.721. The number of benzene rings is 1. The Kier molecular flexibility index (Phi) is 5.02. The van der Waals surface area contributed by atoms with E-state index in [1.54, 1.807) is 0 Å². The van der Waals surface area contributed by atoms with Gasteiger partial charge in [0.1, 0.15) is 0 Å². The monoisotopic (exact) mass is 307 g/mol. The zero-order chi connectivity index (χ0) is 15.5. The number of halogens is 3. The molecule has 0 aromatic heterocycles. The lowest BCUT2D eigenvalue weighted by atomic mass is 10.0. The third-order valence-corrected chi connectivity index (χ3v) is 2.73. The minimum atomic E-state index is -1.67. The van der Waals surface area contributed by atoms with E-state index in [2.05, 4.69) is 5.32 Å². The SMILES string of the molecule is CC(O)(CNC(=O)c1cc(F)c(F)cc1Cl)CC(=O)O. The van der Waals surface area contributed by atoms with Gasteiger partial charge in [0.15, 0.2) is 11.6 Å². The maximum absolute atomic E-state index is 13.0. The summed E-state index contributed by atoms with van der Waals surface area (Å²) in [4.78, 5) is 22.2. The third kappa shape index (κ3) is 4.43. The Hall–Kier alpha value is -1.73. The average Bonchev–Trinajstić information content (AvgIpc) is 2.29. The molecule has 0 saturated heterocycles. The van der Waals surface area contributed by atoms with Crippen LogP contribution < -0.4 is 5.32 Å². The molecular formula is C12H12ClF2NO4. The van der Waals surface area contributed by atoms with Crippen LogP contribution in [0.5, 0.6) is 0 Å². The van der Waals surface area contributed by atoms with Crippen molar-refractivity contribution in [1.29, 1.82) is 0 Å². The van der Waals surface area contributed by atoms with Crippen molar-refractivity contribution in [1.82, 2.24) is 5.32 Å². The third-order valence-electron chi connectivity index (χ3n) is 2.42. The molecule has 1 aromatic carbocycles. The Morgan fingerprint density at radius 1 is 1.35 bits per heavy atom. The highest BCUT2D eigenvalue weighted by Gasteiger charge is 2.25. The summed E-state index contributed by atoms with van der Waals surface area (Å²) in [5.41, 5.74) is -1.98. The van der Waals surface area contributed by atoms with Crippen LogP contribution in [0.15, 0.2) is 12.1 Å². The van der Waals surface area contributed by atoms with Gasteiger partial charge in [-0.15, -0.1) is 0 Å². The van der Waals surface area contributed by atoms with Gasteiger partial charge in [-0.1, -0.05) is 11.6 Å². The molecule has 8 heteroatoms. The summed E-state index contributed by atoms with van der Waals surface area (Å²) in [6.07, 6.45) is -0.585. The van der Waals surface area contributed by atoms with Crippen LogP contribution in [0.25, 0.3) is 0 Å². The number of amides is 1. The zero-order valence-corrected chi connectivity index (χ0v) is 11.2. The molecule has 110 valence electrons. The maximum atomic E-state index is 13.0. The van der Waals surface area contributed by atoms with E-state index < -0.39 is 35.5 Å². The van der Waals surface area contributed by atoms with E-state index >= 15 is 0 Å². The molecule has 1 unspecified atom stereocenters. The van der Waals surface area contributed by atoms with Crippen molar-refractivity contribution in [3.8, 4) is 0 Å².